The number of carbonyl (C=O) groups is 1. The Bertz CT molecular complexity index is 691. The Morgan fingerprint density at radius 2 is 2.17 bits per heavy atom. The van der Waals surface area contributed by atoms with E-state index in [0.717, 1.165) is 11.6 Å². The summed E-state index contributed by atoms with van der Waals surface area (Å²) in [5, 5.41) is 16.4. The zero-order valence-corrected chi connectivity index (χ0v) is 15.2. The lowest BCUT2D eigenvalue weighted by Gasteiger charge is -2.14. The molecule has 9 heteroatoms. The second kappa shape index (κ2) is 8.44. The van der Waals surface area contributed by atoms with Gasteiger partial charge in [0.2, 0.25) is 5.91 Å². The molecule has 2 rings (SSSR count). The van der Waals surface area contributed by atoms with Crippen LogP contribution in [0.25, 0.3) is 0 Å². The molecule has 0 fully saturated rings. The van der Waals surface area contributed by atoms with Crippen molar-refractivity contribution in [2.24, 2.45) is 12.0 Å². The molecule has 2 aromatic heterocycles. The maximum Gasteiger partial charge on any atom is 0.241 e. The highest BCUT2D eigenvalue weighted by Gasteiger charge is 2.08. The highest BCUT2D eigenvalue weighted by molar-refractivity contribution is 7.09. The largest absolute Gasteiger partial charge is 0.351 e. The van der Waals surface area contributed by atoms with Crippen molar-refractivity contribution in [3.8, 4) is 0 Å². The van der Waals surface area contributed by atoms with Crippen molar-refractivity contribution < 1.29 is 4.79 Å². The molecule has 0 saturated carbocycles. The summed E-state index contributed by atoms with van der Waals surface area (Å²) in [6.07, 6.45) is 0. The molecular weight excluding hydrogens is 326 g/mol. The van der Waals surface area contributed by atoms with Crippen molar-refractivity contribution in [3.05, 3.63) is 34.0 Å². The van der Waals surface area contributed by atoms with Crippen molar-refractivity contribution >= 4 is 23.2 Å². The van der Waals surface area contributed by atoms with Gasteiger partial charge in [-0.25, -0.2) is 4.99 Å². The van der Waals surface area contributed by atoms with Gasteiger partial charge in [0, 0.05) is 26.0 Å². The van der Waals surface area contributed by atoms with Crippen LogP contribution in [0.1, 0.15) is 16.5 Å². The molecule has 0 radical (unpaired) electrons. The molecule has 0 aromatic carbocycles. The molecule has 2 N–H and O–H groups in total. The van der Waals surface area contributed by atoms with Crippen molar-refractivity contribution in [2.45, 2.75) is 20.0 Å². The first kappa shape index (κ1) is 17.9. The van der Waals surface area contributed by atoms with Crippen molar-refractivity contribution in [1.29, 1.82) is 0 Å². The van der Waals surface area contributed by atoms with Crippen molar-refractivity contribution in [2.75, 3.05) is 20.6 Å². The molecule has 0 atom stereocenters. The average molecular weight is 349 g/mol. The van der Waals surface area contributed by atoms with Gasteiger partial charge in [0.05, 0.1) is 13.1 Å². The van der Waals surface area contributed by atoms with E-state index in [-0.39, 0.29) is 12.5 Å². The molecule has 130 valence electrons. The van der Waals surface area contributed by atoms with Crippen LogP contribution in [0.15, 0.2) is 22.5 Å². The summed E-state index contributed by atoms with van der Waals surface area (Å²) in [4.78, 5) is 19.0. The summed E-state index contributed by atoms with van der Waals surface area (Å²) in [5.41, 5.74) is 0. The smallest absolute Gasteiger partial charge is 0.241 e. The number of nitrogens with one attached hydrogen (secondary N) is 2. The zero-order chi connectivity index (χ0) is 17.5. The van der Waals surface area contributed by atoms with Gasteiger partial charge in [-0.1, -0.05) is 6.07 Å². The number of guanidine groups is 1. The highest BCUT2D eigenvalue weighted by Crippen LogP contribution is 2.07. The van der Waals surface area contributed by atoms with E-state index in [4.69, 9.17) is 0 Å². The summed E-state index contributed by atoms with van der Waals surface area (Å²) < 4.78 is 1.89. The maximum atomic E-state index is 11.8. The highest BCUT2D eigenvalue weighted by atomic mass is 32.1. The van der Waals surface area contributed by atoms with E-state index in [2.05, 4.69) is 25.8 Å². The lowest BCUT2D eigenvalue weighted by Crippen LogP contribution is -2.42. The van der Waals surface area contributed by atoms with E-state index in [1.54, 1.807) is 25.4 Å². The average Bonchev–Trinajstić information content (AvgIpc) is 3.18. The molecule has 0 spiro atoms. The second-order valence-corrected chi connectivity index (χ2v) is 6.49. The number of hydrogen-bond acceptors (Lipinski definition) is 5. The fraction of sp³-hybridized carbons (Fsp3) is 0.467. The van der Waals surface area contributed by atoms with E-state index in [1.165, 1.54) is 9.78 Å². The molecule has 0 aliphatic carbocycles. The van der Waals surface area contributed by atoms with Crippen LogP contribution >= 0.6 is 11.3 Å². The van der Waals surface area contributed by atoms with Crippen molar-refractivity contribution in [3.63, 3.8) is 0 Å². The van der Waals surface area contributed by atoms with E-state index >= 15 is 0 Å². The number of aliphatic imine (C=N–C) groups is 1. The lowest BCUT2D eigenvalue weighted by molar-refractivity contribution is -0.127. The molecule has 2 aromatic rings. The number of aryl methyl sites for hydroxylation is 1. The number of likely N-dealkylation sites (N-methyl/N-ethyl adjacent to an activating group) is 1. The van der Waals surface area contributed by atoms with E-state index < -0.39 is 0 Å². The number of hydrogen-bond donors (Lipinski definition) is 2. The van der Waals surface area contributed by atoms with Crippen LogP contribution in [0.4, 0.5) is 0 Å². The molecule has 0 aliphatic rings. The maximum absolute atomic E-state index is 11.8. The van der Waals surface area contributed by atoms with Crippen LogP contribution in [0.5, 0.6) is 0 Å². The van der Waals surface area contributed by atoms with E-state index in [1.807, 2.05) is 36.1 Å². The monoisotopic (exact) mass is 349 g/mol. The van der Waals surface area contributed by atoms with E-state index in [0.29, 0.717) is 19.0 Å². The first-order chi connectivity index (χ1) is 11.5. The topological polar surface area (TPSA) is 87.4 Å². The third-order valence-electron chi connectivity index (χ3n) is 3.48. The summed E-state index contributed by atoms with van der Waals surface area (Å²) >= 11 is 1.67. The molecule has 0 aliphatic heterocycles. The van der Waals surface area contributed by atoms with Gasteiger partial charge in [-0.3, -0.25) is 4.79 Å². The number of nitrogens with zero attached hydrogens (tertiary/aromatic N) is 5. The number of rotatable bonds is 6. The van der Waals surface area contributed by atoms with Crippen LogP contribution in [0.2, 0.25) is 0 Å². The van der Waals surface area contributed by atoms with Crippen LogP contribution in [-0.2, 0) is 24.9 Å². The molecule has 2 heterocycles. The molecule has 0 unspecified atom stereocenters. The fourth-order valence-corrected chi connectivity index (χ4v) is 2.46. The first-order valence-corrected chi connectivity index (χ1v) is 8.45. The van der Waals surface area contributed by atoms with Gasteiger partial charge in [-0.2, -0.15) is 0 Å². The summed E-state index contributed by atoms with van der Waals surface area (Å²) in [6.45, 7) is 3.11. The lowest BCUT2D eigenvalue weighted by atomic mass is 10.4. The quantitative estimate of drug-likeness (QED) is 0.586. The standard InChI is InChI=1S/C15H23N7OS/c1-11-19-20-13(22(11)4)9-17-15(18-10-14(23)21(2)3)16-8-12-6-5-7-24-12/h5-7H,8-10H2,1-4H3,(H2,16,17,18). The Balaban J connectivity index is 2.01. The minimum absolute atomic E-state index is 0.0184. The number of amides is 1. The zero-order valence-electron chi connectivity index (χ0n) is 14.4. The predicted octanol–water partition coefficient (Wildman–Crippen LogP) is 0.509. The minimum Gasteiger partial charge on any atom is -0.351 e. The Morgan fingerprint density at radius 1 is 1.38 bits per heavy atom. The van der Waals surface area contributed by atoms with Gasteiger partial charge >= 0.3 is 0 Å². The second-order valence-electron chi connectivity index (χ2n) is 5.46. The third kappa shape index (κ3) is 5.05. The summed E-state index contributed by atoms with van der Waals surface area (Å²) in [6, 6.07) is 4.05. The van der Waals surface area contributed by atoms with Gasteiger partial charge in [0.15, 0.2) is 11.8 Å². The molecule has 0 saturated heterocycles. The Labute approximate surface area is 145 Å². The van der Waals surface area contributed by atoms with Gasteiger partial charge < -0.3 is 20.1 Å². The minimum atomic E-state index is -0.0184. The van der Waals surface area contributed by atoms with Crippen LogP contribution in [0.3, 0.4) is 0 Å². The Hall–Kier alpha value is -2.42. The van der Waals surface area contributed by atoms with Crippen LogP contribution in [-0.4, -0.2) is 52.2 Å². The number of aromatic nitrogens is 3. The van der Waals surface area contributed by atoms with E-state index in [9.17, 15) is 4.79 Å². The first-order valence-electron chi connectivity index (χ1n) is 7.57. The third-order valence-corrected chi connectivity index (χ3v) is 4.35. The number of carbonyl (C=O) groups excluding carboxylic acids is 1. The van der Waals surface area contributed by atoms with Gasteiger partial charge in [0.1, 0.15) is 12.4 Å². The van der Waals surface area contributed by atoms with Crippen LogP contribution in [0, 0.1) is 6.92 Å². The number of thiophene rings is 1. The van der Waals surface area contributed by atoms with Gasteiger partial charge in [0.25, 0.3) is 0 Å². The molecule has 0 bridgehead atoms. The van der Waals surface area contributed by atoms with Gasteiger partial charge in [-0.15, -0.1) is 21.5 Å². The van der Waals surface area contributed by atoms with Crippen LogP contribution < -0.4 is 10.6 Å². The van der Waals surface area contributed by atoms with Gasteiger partial charge in [-0.05, 0) is 18.4 Å². The fourth-order valence-electron chi connectivity index (χ4n) is 1.81. The molecule has 24 heavy (non-hydrogen) atoms. The normalized spacial score (nSPS) is 11.4. The Kier molecular flexibility index (Phi) is 6.30. The van der Waals surface area contributed by atoms with Crippen molar-refractivity contribution in [1.82, 2.24) is 30.3 Å². The predicted molar refractivity (Wildman–Crippen MR) is 94.7 cm³/mol. The summed E-state index contributed by atoms with van der Waals surface area (Å²) in [5.74, 6) is 2.15. The summed E-state index contributed by atoms with van der Waals surface area (Å²) in [7, 11) is 5.35. The Morgan fingerprint density at radius 3 is 2.75 bits per heavy atom. The molecule has 8 nitrogen and oxygen atoms in total. The molecular formula is C15H23N7OS. The SMILES string of the molecule is Cc1nnc(CN=C(NCC(=O)N(C)C)NCc2cccs2)n1C. The molecule has 1 amide bonds.